The number of thioether (sulfide) groups is 1. The summed E-state index contributed by atoms with van der Waals surface area (Å²) < 4.78 is 0. The number of nitrogens with one attached hydrogen (secondary N) is 1. The van der Waals surface area contributed by atoms with Gasteiger partial charge in [0.25, 0.3) is 0 Å². The Balaban J connectivity index is 2.11. The topological polar surface area (TPSA) is 46.2 Å². The summed E-state index contributed by atoms with van der Waals surface area (Å²) in [6.45, 7) is 2.18. The van der Waals surface area contributed by atoms with Gasteiger partial charge in [0.2, 0.25) is 5.91 Å². The second-order valence-corrected chi connectivity index (χ2v) is 5.85. The zero-order valence-corrected chi connectivity index (χ0v) is 12.9. The highest BCUT2D eigenvalue weighted by Gasteiger charge is 2.09. The molecule has 0 radical (unpaired) electrons. The predicted molar refractivity (Wildman–Crippen MR) is 86.2 cm³/mol. The maximum absolute atomic E-state index is 11.7. The van der Waals surface area contributed by atoms with Crippen LogP contribution in [0.5, 0.6) is 0 Å². The van der Waals surface area contributed by atoms with E-state index >= 15 is 0 Å². The van der Waals surface area contributed by atoms with E-state index in [0.29, 0.717) is 5.75 Å². The first-order chi connectivity index (χ1) is 9.72. The fourth-order valence-corrected chi connectivity index (χ4v) is 2.66. The molecule has 1 N–H and O–H groups in total. The molecule has 0 saturated carbocycles. The smallest absolute Gasteiger partial charge is 0.231 e. The monoisotopic (exact) mass is 293 g/mol. The molecular formula is C16H23NO2S. The van der Waals surface area contributed by atoms with Crippen molar-refractivity contribution in [3.63, 3.8) is 0 Å². The van der Waals surface area contributed by atoms with E-state index in [1.54, 1.807) is 11.8 Å². The molecule has 0 fully saturated rings. The van der Waals surface area contributed by atoms with E-state index in [0.717, 1.165) is 17.9 Å². The summed E-state index contributed by atoms with van der Waals surface area (Å²) in [6, 6.07) is 9.21. The van der Waals surface area contributed by atoms with Crippen molar-refractivity contribution < 1.29 is 9.59 Å². The second kappa shape index (κ2) is 10.5. The molecular weight excluding hydrogens is 270 g/mol. The van der Waals surface area contributed by atoms with Crippen molar-refractivity contribution in [2.75, 3.05) is 16.8 Å². The zero-order valence-electron chi connectivity index (χ0n) is 12.1. The number of hydrogen-bond donors (Lipinski definition) is 1. The molecule has 1 rings (SSSR count). The van der Waals surface area contributed by atoms with Crippen LogP contribution in [0.15, 0.2) is 30.3 Å². The van der Waals surface area contributed by atoms with Crippen molar-refractivity contribution in [3.8, 4) is 0 Å². The van der Waals surface area contributed by atoms with Crippen molar-refractivity contribution >= 4 is 29.1 Å². The molecule has 1 aromatic carbocycles. The van der Waals surface area contributed by atoms with E-state index in [1.165, 1.54) is 19.3 Å². The lowest BCUT2D eigenvalue weighted by Gasteiger charge is -2.04. The molecule has 0 bridgehead atoms. The highest BCUT2D eigenvalue weighted by molar-refractivity contribution is 7.99. The number of amides is 1. The third-order valence-corrected chi connectivity index (χ3v) is 3.92. The first-order valence-corrected chi connectivity index (χ1v) is 8.32. The molecule has 0 unspecified atom stereocenters. The van der Waals surface area contributed by atoms with Gasteiger partial charge in [0, 0.05) is 5.69 Å². The van der Waals surface area contributed by atoms with Gasteiger partial charge in [0.15, 0.2) is 5.78 Å². The van der Waals surface area contributed by atoms with Gasteiger partial charge in [0.1, 0.15) is 0 Å². The van der Waals surface area contributed by atoms with Gasteiger partial charge in [-0.3, -0.25) is 9.59 Å². The fraction of sp³-hybridized carbons (Fsp3) is 0.500. The maximum Gasteiger partial charge on any atom is 0.231 e. The summed E-state index contributed by atoms with van der Waals surface area (Å²) >= 11 is 1.63. The van der Waals surface area contributed by atoms with E-state index in [9.17, 15) is 9.59 Å². The largest absolute Gasteiger partial charge is 0.326 e. The van der Waals surface area contributed by atoms with Crippen LogP contribution < -0.4 is 5.32 Å². The molecule has 3 nitrogen and oxygen atoms in total. The Morgan fingerprint density at radius 2 is 1.85 bits per heavy atom. The first-order valence-electron chi connectivity index (χ1n) is 7.16. The summed E-state index contributed by atoms with van der Waals surface area (Å²) in [5.41, 5.74) is 0.734. The molecule has 0 aliphatic carbocycles. The molecule has 0 aliphatic heterocycles. The minimum absolute atomic E-state index is 0.000998. The Bertz CT molecular complexity index is 406. The van der Waals surface area contributed by atoms with Crippen LogP contribution in [-0.2, 0) is 9.59 Å². The maximum atomic E-state index is 11.7. The van der Waals surface area contributed by atoms with Crippen LogP contribution in [0.3, 0.4) is 0 Å². The summed E-state index contributed by atoms with van der Waals surface area (Å²) in [6.07, 6.45) is 4.84. The second-order valence-electron chi connectivity index (χ2n) is 4.74. The third kappa shape index (κ3) is 8.00. The molecule has 110 valence electrons. The number of rotatable bonds is 10. The molecule has 0 aliphatic rings. The van der Waals surface area contributed by atoms with Gasteiger partial charge in [0.05, 0.1) is 12.2 Å². The van der Waals surface area contributed by atoms with Crippen LogP contribution in [0.4, 0.5) is 5.69 Å². The quantitative estimate of drug-likeness (QED) is 0.526. The van der Waals surface area contributed by atoms with Gasteiger partial charge in [-0.05, 0) is 24.3 Å². The summed E-state index contributed by atoms with van der Waals surface area (Å²) in [7, 11) is 0. The van der Waals surface area contributed by atoms with E-state index < -0.39 is 0 Å². The standard InChI is InChI=1S/C16H23NO2S/c1-2-3-4-8-11-20-13-15(18)12-16(19)17-14-9-6-5-7-10-14/h5-7,9-10H,2-4,8,11-13H2,1H3,(H,17,19). The molecule has 0 saturated heterocycles. The van der Waals surface area contributed by atoms with Crippen molar-refractivity contribution in [3.05, 3.63) is 30.3 Å². The van der Waals surface area contributed by atoms with Crippen LogP contribution in [0.1, 0.15) is 39.0 Å². The molecule has 4 heteroatoms. The predicted octanol–water partition coefficient (Wildman–Crippen LogP) is 3.90. The Morgan fingerprint density at radius 1 is 1.10 bits per heavy atom. The third-order valence-electron chi connectivity index (χ3n) is 2.82. The Labute approximate surface area is 125 Å². The Hall–Kier alpha value is -1.29. The van der Waals surface area contributed by atoms with Crippen LogP contribution in [0.2, 0.25) is 0 Å². The van der Waals surface area contributed by atoms with E-state index in [-0.39, 0.29) is 18.1 Å². The van der Waals surface area contributed by atoms with Gasteiger partial charge >= 0.3 is 0 Å². The number of para-hydroxylation sites is 1. The Kier molecular flexibility index (Phi) is 8.79. The summed E-state index contributed by atoms with van der Waals surface area (Å²) in [5, 5.41) is 2.72. The summed E-state index contributed by atoms with van der Waals surface area (Å²) in [4.78, 5) is 23.3. The van der Waals surface area contributed by atoms with Gasteiger partial charge in [-0.25, -0.2) is 0 Å². The minimum atomic E-state index is -0.229. The van der Waals surface area contributed by atoms with Crippen molar-refractivity contribution in [2.45, 2.75) is 39.0 Å². The number of anilines is 1. The normalized spacial score (nSPS) is 10.2. The lowest BCUT2D eigenvalue weighted by atomic mass is 10.2. The van der Waals surface area contributed by atoms with E-state index in [4.69, 9.17) is 0 Å². The molecule has 0 heterocycles. The van der Waals surface area contributed by atoms with Crippen LogP contribution in [0.25, 0.3) is 0 Å². The highest BCUT2D eigenvalue weighted by atomic mass is 32.2. The molecule has 20 heavy (non-hydrogen) atoms. The summed E-state index contributed by atoms with van der Waals surface area (Å²) in [5.74, 6) is 1.21. The molecule has 1 amide bonds. The number of hydrogen-bond acceptors (Lipinski definition) is 3. The first kappa shape index (κ1) is 16.8. The van der Waals surface area contributed by atoms with E-state index in [1.807, 2.05) is 30.3 Å². The Morgan fingerprint density at radius 3 is 2.55 bits per heavy atom. The average molecular weight is 293 g/mol. The average Bonchev–Trinajstić information content (AvgIpc) is 2.43. The van der Waals surface area contributed by atoms with Crippen molar-refractivity contribution in [1.82, 2.24) is 0 Å². The fourth-order valence-electron chi connectivity index (χ4n) is 1.77. The molecule has 0 atom stereocenters. The lowest BCUT2D eigenvalue weighted by Crippen LogP contribution is -2.17. The van der Waals surface area contributed by atoms with Crippen LogP contribution >= 0.6 is 11.8 Å². The van der Waals surface area contributed by atoms with Crippen molar-refractivity contribution in [2.24, 2.45) is 0 Å². The number of carbonyl (C=O) groups is 2. The van der Waals surface area contributed by atoms with Gasteiger partial charge in [-0.1, -0.05) is 44.4 Å². The number of carbonyl (C=O) groups excluding carboxylic acids is 2. The van der Waals surface area contributed by atoms with Crippen LogP contribution in [0, 0.1) is 0 Å². The van der Waals surface area contributed by atoms with Gasteiger partial charge in [-0.15, -0.1) is 0 Å². The van der Waals surface area contributed by atoms with Gasteiger partial charge < -0.3 is 5.32 Å². The van der Waals surface area contributed by atoms with Crippen molar-refractivity contribution in [1.29, 1.82) is 0 Å². The number of ketones is 1. The molecule has 0 spiro atoms. The number of Topliss-reactive ketones (excluding diaryl/α,β-unsaturated/α-hetero) is 1. The lowest BCUT2D eigenvalue weighted by molar-refractivity contribution is -0.123. The molecule has 0 aromatic heterocycles. The number of unbranched alkanes of at least 4 members (excludes halogenated alkanes) is 3. The minimum Gasteiger partial charge on any atom is -0.326 e. The zero-order chi connectivity index (χ0) is 14.6. The SMILES string of the molecule is CCCCCCSCC(=O)CC(=O)Nc1ccccc1. The number of benzene rings is 1. The highest BCUT2D eigenvalue weighted by Crippen LogP contribution is 2.09. The van der Waals surface area contributed by atoms with E-state index in [2.05, 4.69) is 12.2 Å². The molecule has 1 aromatic rings. The van der Waals surface area contributed by atoms with Crippen LogP contribution in [-0.4, -0.2) is 23.2 Å². The van der Waals surface area contributed by atoms with Gasteiger partial charge in [-0.2, -0.15) is 11.8 Å².